The fraction of sp³-hybridized carbons (Fsp3) is 0.417. The van der Waals surface area contributed by atoms with Gasteiger partial charge in [-0.3, -0.25) is 4.79 Å². The quantitative estimate of drug-likeness (QED) is 0.895. The molecule has 1 aromatic carbocycles. The summed E-state index contributed by atoms with van der Waals surface area (Å²) in [4.78, 5) is 13.4. The van der Waals surface area contributed by atoms with Crippen molar-refractivity contribution in [1.82, 2.24) is 10.2 Å². The highest BCUT2D eigenvalue weighted by Gasteiger charge is 2.12. The Labute approximate surface area is 112 Å². The summed E-state index contributed by atoms with van der Waals surface area (Å²) >= 11 is 12.1. The molecule has 5 heteroatoms. The first-order valence-corrected chi connectivity index (χ1v) is 6.13. The van der Waals surface area contributed by atoms with E-state index in [1.54, 1.807) is 30.1 Å². The van der Waals surface area contributed by atoms with Gasteiger partial charge in [-0.2, -0.15) is 0 Å². The maximum atomic E-state index is 11.7. The summed E-state index contributed by atoms with van der Waals surface area (Å²) < 4.78 is 0. The van der Waals surface area contributed by atoms with Gasteiger partial charge in [-0.05, 0) is 19.2 Å². The minimum Gasteiger partial charge on any atom is -0.341 e. The largest absolute Gasteiger partial charge is 0.341 e. The third-order valence-electron chi connectivity index (χ3n) is 2.47. The standard InChI is InChI=1S/C12H16Cl2N2O/c1-15-7-6-12(17)16(2)8-9-10(13)4-3-5-11(9)14/h3-5,15H,6-8H2,1-2H3. The summed E-state index contributed by atoms with van der Waals surface area (Å²) in [5.41, 5.74) is 0.788. The molecule has 0 aromatic heterocycles. The number of benzene rings is 1. The lowest BCUT2D eigenvalue weighted by Crippen LogP contribution is -2.28. The average molecular weight is 275 g/mol. The summed E-state index contributed by atoms with van der Waals surface area (Å²) in [5.74, 6) is 0.0651. The van der Waals surface area contributed by atoms with E-state index in [0.29, 0.717) is 29.6 Å². The van der Waals surface area contributed by atoms with Crippen molar-refractivity contribution in [3.8, 4) is 0 Å². The van der Waals surface area contributed by atoms with Gasteiger partial charge >= 0.3 is 0 Å². The number of carbonyl (C=O) groups excluding carboxylic acids is 1. The number of hydrogen-bond acceptors (Lipinski definition) is 2. The summed E-state index contributed by atoms with van der Waals surface area (Å²) in [6.45, 7) is 1.10. The van der Waals surface area contributed by atoms with Crippen LogP contribution in [-0.4, -0.2) is 31.4 Å². The average Bonchev–Trinajstić information content (AvgIpc) is 2.30. The van der Waals surface area contributed by atoms with E-state index in [-0.39, 0.29) is 5.91 Å². The van der Waals surface area contributed by atoms with E-state index in [1.165, 1.54) is 0 Å². The maximum absolute atomic E-state index is 11.7. The van der Waals surface area contributed by atoms with E-state index in [0.717, 1.165) is 5.56 Å². The van der Waals surface area contributed by atoms with Gasteiger partial charge in [0.1, 0.15) is 0 Å². The third kappa shape index (κ3) is 4.19. The lowest BCUT2D eigenvalue weighted by Gasteiger charge is -2.18. The Balaban J connectivity index is 2.67. The van der Waals surface area contributed by atoms with E-state index >= 15 is 0 Å². The molecule has 0 fully saturated rings. The van der Waals surface area contributed by atoms with Gasteiger partial charge in [0.15, 0.2) is 0 Å². The molecule has 0 bridgehead atoms. The minimum atomic E-state index is 0.0651. The van der Waals surface area contributed by atoms with Crippen LogP contribution in [0, 0.1) is 0 Å². The van der Waals surface area contributed by atoms with Crippen molar-refractivity contribution in [2.45, 2.75) is 13.0 Å². The second kappa shape index (κ2) is 6.84. The van der Waals surface area contributed by atoms with Crippen LogP contribution in [0.15, 0.2) is 18.2 Å². The Morgan fingerprint density at radius 2 is 1.94 bits per heavy atom. The first-order valence-electron chi connectivity index (χ1n) is 5.37. The van der Waals surface area contributed by atoms with Crippen molar-refractivity contribution in [3.63, 3.8) is 0 Å². The molecule has 0 saturated heterocycles. The van der Waals surface area contributed by atoms with Crippen molar-refractivity contribution in [2.24, 2.45) is 0 Å². The van der Waals surface area contributed by atoms with Crippen LogP contribution in [0.2, 0.25) is 10.0 Å². The molecule has 17 heavy (non-hydrogen) atoms. The fourth-order valence-corrected chi connectivity index (χ4v) is 1.95. The molecule has 1 rings (SSSR count). The van der Waals surface area contributed by atoms with Crippen LogP contribution < -0.4 is 5.32 Å². The molecule has 0 saturated carbocycles. The van der Waals surface area contributed by atoms with Gasteiger partial charge < -0.3 is 10.2 Å². The molecule has 0 spiro atoms. The van der Waals surface area contributed by atoms with Crippen LogP contribution in [0.1, 0.15) is 12.0 Å². The molecule has 0 unspecified atom stereocenters. The van der Waals surface area contributed by atoms with Crippen molar-refractivity contribution in [3.05, 3.63) is 33.8 Å². The van der Waals surface area contributed by atoms with E-state index in [2.05, 4.69) is 5.32 Å². The number of amides is 1. The zero-order valence-electron chi connectivity index (χ0n) is 9.96. The summed E-state index contributed by atoms with van der Waals surface area (Å²) in [6, 6.07) is 5.33. The molecule has 3 nitrogen and oxygen atoms in total. The molecule has 0 aliphatic rings. The summed E-state index contributed by atoms with van der Waals surface area (Å²) in [5, 5.41) is 4.12. The van der Waals surface area contributed by atoms with Crippen molar-refractivity contribution >= 4 is 29.1 Å². The second-order valence-electron chi connectivity index (χ2n) is 3.80. The van der Waals surface area contributed by atoms with Crippen LogP contribution in [0.5, 0.6) is 0 Å². The first kappa shape index (κ1) is 14.3. The summed E-state index contributed by atoms with van der Waals surface area (Å²) in [6.07, 6.45) is 0.467. The normalized spacial score (nSPS) is 10.4. The van der Waals surface area contributed by atoms with E-state index in [4.69, 9.17) is 23.2 Å². The van der Waals surface area contributed by atoms with Gasteiger partial charge in [0.25, 0.3) is 0 Å². The first-order chi connectivity index (χ1) is 8.06. The molecule has 1 N–H and O–H groups in total. The zero-order valence-corrected chi connectivity index (χ0v) is 11.5. The van der Waals surface area contributed by atoms with Crippen molar-refractivity contribution in [1.29, 1.82) is 0 Å². The highest BCUT2D eigenvalue weighted by Crippen LogP contribution is 2.25. The predicted molar refractivity (Wildman–Crippen MR) is 71.5 cm³/mol. The number of hydrogen-bond donors (Lipinski definition) is 1. The molecular formula is C12H16Cl2N2O. The lowest BCUT2D eigenvalue weighted by atomic mass is 10.2. The van der Waals surface area contributed by atoms with Gasteiger partial charge in [0.2, 0.25) is 5.91 Å². The van der Waals surface area contributed by atoms with E-state index in [9.17, 15) is 4.79 Å². The van der Waals surface area contributed by atoms with Gasteiger partial charge in [-0.1, -0.05) is 29.3 Å². The van der Waals surface area contributed by atoms with Crippen LogP contribution in [0.3, 0.4) is 0 Å². The minimum absolute atomic E-state index is 0.0651. The lowest BCUT2D eigenvalue weighted by molar-refractivity contribution is -0.130. The van der Waals surface area contributed by atoms with Crippen LogP contribution in [0.4, 0.5) is 0 Å². The molecular weight excluding hydrogens is 259 g/mol. The molecule has 0 aliphatic heterocycles. The highest BCUT2D eigenvalue weighted by molar-refractivity contribution is 6.36. The third-order valence-corrected chi connectivity index (χ3v) is 3.18. The van der Waals surface area contributed by atoms with Gasteiger partial charge in [-0.25, -0.2) is 0 Å². The molecule has 0 radical (unpaired) electrons. The predicted octanol–water partition coefficient (Wildman–Crippen LogP) is 2.56. The summed E-state index contributed by atoms with van der Waals surface area (Å²) in [7, 11) is 3.57. The number of nitrogens with one attached hydrogen (secondary N) is 1. The van der Waals surface area contributed by atoms with Gasteiger partial charge in [0, 0.05) is 42.2 Å². The number of halogens is 2. The molecule has 1 amide bonds. The molecule has 1 aromatic rings. The van der Waals surface area contributed by atoms with Crippen LogP contribution in [0.25, 0.3) is 0 Å². The van der Waals surface area contributed by atoms with Crippen molar-refractivity contribution in [2.75, 3.05) is 20.6 Å². The second-order valence-corrected chi connectivity index (χ2v) is 4.62. The SMILES string of the molecule is CNCCC(=O)N(C)Cc1c(Cl)cccc1Cl. The Morgan fingerprint density at radius 1 is 1.35 bits per heavy atom. The Morgan fingerprint density at radius 3 is 2.47 bits per heavy atom. The molecule has 94 valence electrons. The topological polar surface area (TPSA) is 32.3 Å². The molecule has 0 atom stereocenters. The van der Waals surface area contributed by atoms with Gasteiger partial charge in [-0.15, -0.1) is 0 Å². The maximum Gasteiger partial charge on any atom is 0.223 e. The number of rotatable bonds is 5. The fourth-order valence-electron chi connectivity index (χ4n) is 1.43. The van der Waals surface area contributed by atoms with Gasteiger partial charge in [0.05, 0.1) is 0 Å². The molecule has 0 aliphatic carbocycles. The number of carbonyl (C=O) groups is 1. The van der Waals surface area contributed by atoms with Crippen molar-refractivity contribution < 1.29 is 4.79 Å². The Hall–Kier alpha value is -0.770. The van der Waals surface area contributed by atoms with E-state index < -0.39 is 0 Å². The highest BCUT2D eigenvalue weighted by atomic mass is 35.5. The zero-order chi connectivity index (χ0) is 12.8. The Bertz CT molecular complexity index is 376. The van der Waals surface area contributed by atoms with E-state index in [1.807, 2.05) is 7.05 Å². The van der Waals surface area contributed by atoms with Crippen LogP contribution in [-0.2, 0) is 11.3 Å². The monoisotopic (exact) mass is 274 g/mol. The smallest absolute Gasteiger partial charge is 0.223 e. The number of nitrogens with zero attached hydrogens (tertiary/aromatic N) is 1. The Kier molecular flexibility index (Phi) is 5.75. The molecule has 0 heterocycles. The van der Waals surface area contributed by atoms with Crippen LogP contribution >= 0.6 is 23.2 Å².